The van der Waals surface area contributed by atoms with Gasteiger partial charge >= 0.3 is 0 Å². The second-order valence-electron chi connectivity index (χ2n) is 7.40. The van der Waals surface area contributed by atoms with E-state index in [0.717, 1.165) is 9.69 Å². The fourth-order valence-corrected chi connectivity index (χ4v) is 4.99. The van der Waals surface area contributed by atoms with E-state index in [1.54, 1.807) is 25.3 Å². The van der Waals surface area contributed by atoms with E-state index in [-0.39, 0.29) is 17.3 Å². The van der Waals surface area contributed by atoms with Crippen molar-refractivity contribution < 1.29 is 13.5 Å². The second-order valence-corrected chi connectivity index (χ2v) is 9.51. The van der Waals surface area contributed by atoms with E-state index in [1.807, 2.05) is 6.07 Å². The number of guanidine groups is 1. The maximum atomic E-state index is 14.8. The second kappa shape index (κ2) is 7.35. The molecule has 0 saturated heterocycles. The number of hydrogen-bond acceptors (Lipinski definition) is 9. The van der Waals surface area contributed by atoms with Crippen LogP contribution in [0.15, 0.2) is 47.7 Å². The van der Waals surface area contributed by atoms with Crippen LogP contribution in [0.2, 0.25) is 0 Å². The van der Waals surface area contributed by atoms with Gasteiger partial charge in [0.1, 0.15) is 22.9 Å². The Balaban J connectivity index is 1.75. The van der Waals surface area contributed by atoms with Gasteiger partial charge in [-0.05, 0) is 37.3 Å². The number of hydrogen-bond donors (Lipinski definition) is 4. The zero-order valence-corrected chi connectivity index (χ0v) is 17.6. The molecule has 160 valence electrons. The molecule has 2 aromatic heterocycles. The van der Waals surface area contributed by atoms with Gasteiger partial charge in [-0.3, -0.25) is 14.1 Å². The Morgan fingerprint density at radius 2 is 2.06 bits per heavy atom. The number of pyridine rings is 2. The molecule has 3 heterocycles. The van der Waals surface area contributed by atoms with Crippen LogP contribution in [0.1, 0.15) is 18.1 Å². The Hall–Kier alpha value is -3.46. The molecule has 0 saturated carbocycles. The average molecular weight is 441 g/mol. The normalized spacial score (nSPS) is 21.3. The van der Waals surface area contributed by atoms with Gasteiger partial charge in [0.25, 0.3) is 0 Å². The fraction of sp³-hybridized carbons (Fsp3) is 0.200. The first kappa shape index (κ1) is 20.8. The van der Waals surface area contributed by atoms with Crippen LogP contribution >= 0.6 is 10.8 Å². The number of anilines is 2. The first-order valence-corrected chi connectivity index (χ1v) is 10.9. The minimum Gasteiger partial charge on any atom is -0.369 e. The van der Waals surface area contributed by atoms with Crippen molar-refractivity contribution in [3.05, 3.63) is 59.7 Å². The molecule has 11 heteroatoms. The molecule has 4 rings (SSSR count). The summed E-state index contributed by atoms with van der Waals surface area (Å²) >= 11 is 0. The Morgan fingerprint density at radius 3 is 2.77 bits per heavy atom. The zero-order valence-electron chi connectivity index (χ0n) is 16.7. The molecule has 1 aromatic carbocycles. The molecule has 9 nitrogen and oxygen atoms in total. The summed E-state index contributed by atoms with van der Waals surface area (Å²) in [5.74, 6) is -0.408. The molecular weight excluding hydrogens is 421 g/mol. The molecule has 0 fully saturated rings. The lowest BCUT2D eigenvalue weighted by molar-refractivity contribution is 0.391. The van der Waals surface area contributed by atoms with Crippen LogP contribution in [0.25, 0.3) is 10.9 Å². The third-order valence-electron chi connectivity index (χ3n) is 5.13. The summed E-state index contributed by atoms with van der Waals surface area (Å²) < 4.78 is 36.7. The molecule has 0 unspecified atom stereocenters. The number of nitrogens with two attached hydrogens (primary N) is 1. The largest absolute Gasteiger partial charge is 0.369 e. The number of aliphatic imine (C=N–C) groups is 1. The third kappa shape index (κ3) is 3.72. The van der Waals surface area contributed by atoms with Crippen LogP contribution in [0.4, 0.5) is 15.9 Å². The number of aromatic nitrogens is 2. The topological polar surface area (TPSA) is 144 Å². The number of nitrogens with one attached hydrogen (secondary N) is 1. The zero-order chi connectivity index (χ0) is 22.4. The van der Waals surface area contributed by atoms with Crippen molar-refractivity contribution in [1.82, 2.24) is 14.3 Å². The maximum Gasteiger partial charge on any atom is 0.210 e. The van der Waals surface area contributed by atoms with Gasteiger partial charge in [0, 0.05) is 36.1 Å². The lowest BCUT2D eigenvalue weighted by atomic mass is 9.93. The van der Waals surface area contributed by atoms with Crippen molar-refractivity contribution in [1.29, 1.82) is 5.26 Å². The van der Waals surface area contributed by atoms with Crippen LogP contribution in [0, 0.1) is 17.1 Å². The Bertz CT molecular complexity index is 1260. The number of rotatable bonds is 3. The van der Waals surface area contributed by atoms with Crippen molar-refractivity contribution in [3.63, 3.8) is 0 Å². The molecule has 5 N–H and O–H groups in total. The molecule has 1 atom stereocenters. The van der Waals surface area contributed by atoms with Crippen molar-refractivity contribution >= 4 is 39.1 Å². The predicted octanol–water partition coefficient (Wildman–Crippen LogP) is 3.53. The first-order valence-electron chi connectivity index (χ1n) is 9.20. The molecule has 1 aliphatic heterocycles. The molecule has 0 aliphatic carbocycles. The van der Waals surface area contributed by atoms with Crippen LogP contribution < -0.4 is 11.1 Å². The Morgan fingerprint density at radius 1 is 1.29 bits per heavy atom. The van der Waals surface area contributed by atoms with Gasteiger partial charge in [-0.25, -0.2) is 18.7 Å². The van der Waals surface area contributed by atoms with Gasteiger partial charge in [0.2, 0.25) is 5.96 Å². The molecular formula is C20H20FN7O2S. The van der Waals surface area contributed by atoms with Crippen molar-refractivity contribution in [3.8, 4) is 6.07 Å². The number of nitriles is 1. The van der Waals surface area contributed by atoms with Crippen LogP contribution in [-0.2, 0) is 5.54 Å². The molecule has 0 radical (unpaired) electrons. The number of halogens is 1. The molecule has 3 aromatic rings. The number of nitrogens with zero attached hydrogens (tertiary/aromatic N) is 5. The quantitative estimate of drug-likeness (QED) is 0.483. The summed E-state index contributed by atoms with van der Waals surface area (Å²) in [5.41, 5.74) is 6.23. The van der Waals surface area contributed by atoms with Crippen molar-refractivity contribution in [2.75, 3.05) is 18.1 Å². The highest BCUT2D eigenvalue weighted by atomic mass is 32.3. The summed E-state index contributed by atoms with van der Waals surface area (Å²) in [4.78, 5) is 12.9. The van der Waals surface area contributed by atoms with E-state index >= 15 is 0 Å². The van der Waals surface area contributed by atoms with E-state index in [9.17, 15) is 13.5 Å². The highest BCUT2D eigenvalue weighted by molar-refractivity contribution is 8.22. The minimum absolute atomic E-state index is 0.0836. The molecule has 0 spiro atoms. The monoisotopic (exact) mass is 441 g/mol. The summed E-state index contributed by atoms with van der Waals surface area (Å²) in [6.45, 7) is 1.60. The van der Waals surface area contributed by atoms with E-state index in [0.29, 0.717) is 22.6 Å². The fourth-order valence-electron chi connectivity index (χ4n) is 3.48. The Labute approximate surface area is 179 Å². The average Bonchev–Trinajstić information content (AvgIpc) is 2.72. The third-order valence-corrected chi connectivity index (χ3v) is 7.15. The lowest BCUT2D eigenvalue weighted by Crippen LogP contribution is -2.47. The number of benzene rings is 1. The van der Waals surface area contributed by atoms with Gasteiger partial charge < -0.3 is 11.1 Å². The van der Waals surface area contributed by atoms with Crippen molar-refractivity contribution in [2.45, 2.75) is 12.5 Å². The minimum atomic E-state index is -3.25. The molecule has 0 amide bonds. The molecule has 0 bridgehead atoms. The van der Waals surface area contributed by atoms with Gasteiger partial charge in [0.05, 0.1) is 11.3 Å². The molecule has 1 aliphatic rings. The predicted molar refractivity (Wildman–Crippen MR) is 118 cm³/mol. The SMILES string of the molecule is CN1C(N)=N[C@](C)(c2cc(Nc3nccc4cc(C#N)cnc34)ccc2F)CS1(O)O. The Kier molecular flexibility index (Phi) is 4.93. The smallest absolute Gasteiger partial charge is 0.210 e. The molecule has 31 heavy (non-hydrogen) atoms. The van der Waals surface area contributed by atoms with Gasteiger partial charge in [-0.2, -0.15) is 5.26 Å². The summed E-state index contributed by atoms with van der Waals surface area (Å²) in [6, 6.07) is 9.83. The van der Waals surface area contributed by atoms with E-state index in [4.69, 9.17) is 11.0 Å². The van der Waals surface area contributed by atoms with Gasteiger partial charge in [-0.1, -0.05) is 0 Å². The van der Waals surface area contributed by atoms with Crippen LogP contribution in [0.5, 0.6) is 0 Å². The maximum absolute atomic E-state index is 14.8. The highest BCUT2D eigenvalue weighted by Gasteiger charge is 2.41. The van der Waals surface area contributed by atoms with E-state index in [1.165, 1.54) is 31.4 Å². The van der Waals surface area contributed by atoms with Crippen LogP contribution in [-0.4, -0.2) is 42.1 Å². The van der Waals surface area contributed by atoms with Gasteiger partial charge in [-0.15, -0.1) is 10.8 Å². The van der Waals surface area contributed by atoms with Gasteiger partial charge in [0.15, 0.2) is 5.82 Å². The van der Waals surface area contributed by atoms with Crippen molar-refractivity contribution in [2.24, 2.45) is 10.7 Å². The van der Waals surface area contributed by atoms with Crippen LogP contribution in [0.3, 0.4) is 0 Å². The highest BCUT2D eigenvalue weighted by Crippen LogP contribution is 2.51. The first-order chi connectivity index (χ1) is 14.6. The number of fused-ring (bicyclic) bond motifs is 1. The van der Waals surface area contributed by atoms with E-state index in [2.05, 4.69) is 20.3 Å². The standard InChI is InChI=1S/C20H20FN7O2S/c1-20(11-31(29,30)28(2)19(23)27-20)15-8-14(3-4-16(15)21)26-18-17-13(5-6-24-18)7-12(9-22)10-25-17/h3-8,10,29-30H,11H2,1-2H3,(H2,23,27)(H,24,26)/t20-/m0/s1. The lowest BCUT2D eigenvalue weighted by Gasteiger charge is -2.49. The van der Waals surface area contributed by atoms with E-state index < -0.39 is 22.1 Å². The summed E-state index contributed by atoms with van der Waals surface area (Å²) in [6.07, 6.45) is 3.03. The summed E-state index contributed by atoms with van der Waals surface area (Å²) in [5, 5.41) is 12.9. The summed E-state index contributed by atoms with van der Waals surface area (Å²) in [7, 11) is -1.82.